The zero-order chi connectivity index (χ0) is 17.1. The van der Waals surface area contributed by atoms with Crippen molar-refractivity contribution in [3.8, 4) is 0 Å². The van der Waals surface area contributed by atoms with E-state index >= 15 is 0 Å². The van der Waals surface area contributed by atoms with E-state index in [-0.39, 0.29) is 19.1 Å². The van der Waals surface area contributed by atoms with E-state index in [1.54, 1.807) is 4.90 Å². The van der Waals surface area contributed by atoms with Crippen LogP contribution >= 0.6 is 0 Å². The molecule has 3 rings (SSSR count). The lowest BCUT2D eigenvalue weighted by molar-refractivity contribution is -0.153. The van der Waals surface area contributed by atoms with Gasteiger partial charge in [-0.15, -0.1) is 0 Å². The molecule has 2 heterocycles. The zero-order valence-corrected chi connectivity index (χ0v) is 14.2. The zero-order valence-electron chi connectivity index (χ0n) is 14.2. The van der Waals surface area contributed by atoms with Crippen LogP contribution in [-0.2, 0) is 20.9 Å². The van der Waals surface area contributed by atoms with Crippen LogP contribution in [0.3, 0.4) is 0 Å². The lowest BCUT2D eigenvalue weighted by Gasteiger charge is -2.30. The Balaban J connectivity index is 1.57. The number of ether oxygens (including phenoxy) is 1. The van der Waals surface area contributed by atoms with Crippen LogP contribution in [-0.4, -0.2) is 46.0 Å². The maximum Gasteiger partial charge on any atom is 0.326 e. The van der Waals surface area contributed by atoms with Gasteiger partial charge >= 0.3 is 5.97 Å². The number of rotatable bonds is 4. The molecule has 0 spiro atoms. The molecule has 1 amide bonds. The average molecular weight is 329 g/mol. The van der Waals surface area contributed by atoms with E-state index in [2.05, 4.69) is 11.9 Å². The number of piperidine rings is 1. The summed E-state index contributed by atoms with van der Waals surface area (Å²) in [5.74, 6) is 0.740. The molecule has 0 saturated carbocycles. The van der Waals surface area contributed by atoms with Gasteiger partial charge in [0, 0.05) is 13.1 Å². The third kappa shape index (κ3) is 3.58. The highest BCUT2D eigenvalue weighted by molar-refractivity contribution is 5.82. The van der Waals surface area contributed by atoms with Gasteiger partial charge in [0.25, 0.3) is 5.91 Å². The number of nitrogens with zero attached hydrogens (tertiary/aromatic N) is 3. The first-order valence-electron chi connectivity index (χ1n) is 8.40. The highest BCUT2D eigenvalue weighted by atomic mass is 16.5. The number of aryl methyl sites for hydroxylation is 1. The first-order valence-corrected chi connectivity index (χ1v) is 8.40. The van der Waals surface area contributed by atoms with Gasteiger partial charge < -0.3 is 14.2 Å². The Morgan fingerprint density at radius 3 is 2.92 bits per heavy atom. The highest BCUT2D eigenvalue weighted by Crippen LogP contribution is 2.16. The summed E-state index contributed by atoms with van der Waals surface area (Å²) in [6.45, 7) is 5.38. The molecule has 1 fully saturated rings. The molecule has 24 heavy (non-hydrogen) atoms. The van der Waals surface area contributed by atoms with Gasteiger partial charge in [-0.1, -0.05) is 19.1 Å². The summed E-state index contributed by atoms with van der Waals surface area (Å²) in [7, 11) is 0. The molecular weight excluding hydrogens is 306 g/mol. The molecule has 0 aliphatic carbocycles. The first kappa shape index (κ1) is 16.5. The van der Waals surface area contributed by atoms with Crippen molar-refractivity contribution < 1.29 is 14.3 Å². The number of benzene rings is 1. The minimum absolute atomic E-state index is 0.0655. The second-order valence-corrected chi connectivity index (χ2v) is 6.48. The van der Waals surface area contributed by atoms with E-state index in [0.717, 1.165) is 42.8 Å². The molecule has 6 heteroatoms. The van der Waals surface area contributed by atoms with Crippen LogP contribution in [0.1, 0.15) is 25.6 Å². The fourth-order valence-corrected chi connectivity index (χ4v) is 3.22. The number of amides is 1. The largest absolute Gasteiger partial charge is 0.454 e. The number of carbonyl (C=O) groups is 2. The van der Waals surface area contributed by atoms with Gasteiger partial charge in [-0.05, 0) is 37.8 Å². The molecule has 1 saturated heterocycles. The Bertz CT molecular complexity index is 753. The molecule has 1 unspecified atom stereocenters. The molecule has 1 atom stereocenters. The van der Waals surface area contributed by atoms with Crippen molar-refractivity contribution in [1.82, 2.24) is 14.5 Å². The van der Waals surface area contributed by atoms with Crippen molar-refractivity contribution in [2.45, 2.75) is 33.2 Å². The summed E-state index contributed by atoms with van der Waals surface area (Å²) in [6.07, 6.45) is 2.16. The maximum absolute atomic E-state index is 12.2. The molecule has 6 nitrogen and oxygen atoms in total. The lowest BCUT2D eigenvalue weighted by atomic mass is 10.0. The molecule has 0 bridgehead atoms. The number of hydrogen-bond donors (Lipinski definition) is 0. The van der Waals surface area contributed by atoms with E-state index in [4.69, 9.17) is 4.74 Å². The Morgan fingerprint density at radius 1 is 1.33 bits per heavy atom. The third-order valence-electron chi connectivity index (χ3n) is 4.50. The highest BCUT2D eigenvalue weighted by Gasteiger charge is 2.22. The minimum Gasteiger partial charge on any atom is -0.454 e. The summed E-state index contributed by atoms with van der Waals surface area (Å²) in [5, 5.41) is 0. The Labute approximate surface area is 141 Å². The lowest BCUT2D eigenvalue weighted by Crippen LogP contribution is -2.41. The number of carbonyl (C=O) groups excluding carboxylic acids is 2. The molecule has 1 aliphatic rings. The molecule has 1 aliphatic heterocycles. The fourth-order valence-electron chi connectivity index (χ4n) is 3.22. The number of aromatic nitrogens is 2. The maximum atomic E-state index is 12.2. The molecular formula is C18H23N3O3. The van der Waals surface area contributed by atoms with Crippen molar-refractivity contribution in [3.05, 3.63) is 30.1 Å². The molecule has 1 aromatic carbocycles. The number of esters is 1. The SMILES string of the molecule is Cc1nc2ccccc2n1CC(=O)OCC(=O)N1CCCC(C)C1. The van der Waals surface area contributed by atoms with E-state index in [9.17, 15) is 9.59 Å². The van der Waals surface area contributed by atoms with E-state index in [1.807, 2.05) is 35.8 Å². The topological polar surface area (TPSA) is 64.4 Å². The smallest absolute Gasteiger partial charge is 0.326 e. The van der Waals surface area contributed by atoms with Gasteiger partial charge in [0.15, 0.2) is 6.61 Å². The summed E-state index contributed by atoms with van der Waals surface area (Å²) < 4.78 is 7.00. The van der Waals surface area contributed by atoms with Gasteiger partial charge in [-0.3, -0.25) is 9.59 Å². The van der Waals surface area contributed by atoms with E-state index < -0.39 is 5.97 Å². The quantitative estimate of drug-likeness (QED) is 0.806. The van der Waals surface area contributed by atoms with Crippen LogP contribution in [0.5, 0.6) is 0 Å². The average Bonchev–Trinajstić information content (AvgIpc) is 2.88. The number of hydrogen-bond acceptors (Lipinski definition) is 4. The molecule has 1 aromatic heterocycles. The Kier molecular flexibility index (Phi) is 4.83. The predicted octanol–water partition coefficient (Wildman–Crippen LogP) is 2.15. The van der Waals surface area contributed by atoms with Crippen molar-refractivity contribution in [2.24, 2.45) is 5.92 Å². The monoisotopic (exact) mass is 329 g/mol. The summed E-state index contributed by atoms with van der Waals surface area (Å²) >= 11 is 0. The Hall–Kier alpha value is -2.37. The molecule has 2 aromatic rings. The van der Waals surface area contributed by atoms with Gasteiger partial charge in [-0.2, -0.15) is 0 Å². The summed E-state index contributed by atoms with van der Waals surface area (Å²) in [4.78, 5) is 30.5. The standard InChI is InChI=1S/C18H23N3O3/c1-13-6-5-9-20(10-13)17(22)12-24-18(23)11-21-14(2)19-15-7-3-4-8-16(15)21/h3-4,7-8,13H,5-6,9-12H2,1-2H3. The fraction of sp³-hybridized carbons (Fsp3) is 0.500. The van der Waals surface area contributed by atoms with Crippen LogP contribution in [0.15, 0.2) is 24.3 Å². The van der Waals surface area contributed by atoms with Crippen molar-refractivity contribution in [1.29, 1.82) is 0 Å². The van der Waals surface area contributed by atoms with E-state index in [1.165, 1.54) is 0 Å². The third-order valence-corrected chi connectivity index (χ3v) is 4.50. The molecule has 0 radical (unpaired) electrons. The second-order valence-electron chi connectivity index (χ2n) is 6.48. The van der Waals surface area contributed by atoms with E-state index in [0.29, 0.717) is 5.92 Å². The number of imidazole rings is 1. The van der Waals surface area contributed by atoms with Crippen LogP contribution in [0.25, 0.3) is 11.0 Å². The summed E-state index contributed by atoms with van der Waals surface area (Å²) in [6, 6.07) is 7.65. The molecule has 128 valence electrons. The normalized spacial score (nSPS) is 17.9. The Morgan fingerprint density at radius 2 is 2.12 bits per heavy atom. The second kappa shape index (κ2) is 7.03. The van der Waals surface area contributed by atoms with Gasteiger partial charge in [0.2, 0.25) is 0 Å². The predicted molar refractivity (Wildman–Crippen MR) is 90.4 cm³/mol. The number of fused-ring (bicyclic) bond motifs is 1. The van der Waals surface area contributed by atoms with Crippen LogP contribution in [0.4, 0.5) is 0 Å². The van der Waals surface area contributed by atoms with Crippen LogP contribution in [0.2, 0.25) is 0 Å². The van der Waals surface area contributed by atoms with Crippen LogP contribution in [0, 0.1) is 12.8 Å². The van der Waals surface area contributed by atoms with Crippen LogP contribution < -0.4 is 0 Å². The minimum atomic E-state index is -0.417. The summed E-state index contributed by atoms with van der Waals surface area (Å²) in [5.41, 5.74) is 1.74. The molecule has 0 N–H and O–H groups in total. The van der Waals surface area contributed by atoms with Crippen molar-refractivity contribution >= 4 is 22.9 Å². The van der Waals surface area contributed by atoms with Crippen molar-refractivity contribution in [3.63, 3.8) is 0 Å². The van der Waals surface area contributed by atoms with Gasteiger partial charge in [0.1, 0.15) is 12.4 Å². The van der Waals surface area contributed by atoms with Gasteiger partial charge in [-0.25, -0.2) is 4.98 Å². The van der Waals surface area contributed by atoms with Gasteiger partial charge in [0.05, 0.1) is 11.0 Å². The van der Waals surface area contributed by atoms with Crippen molar-refractivity contribution in [2.75, 3.05) is 19.7 Å². The first-order chi connectivity index (χ1) is 11.5. The number of para-hydroxylation sites is 2. The number of likely N-dealkylation sites (tertiary alicyclic amines) is 1.